The van der Waals surface area contributed by atoms with E-state index in [4.69, 9.17) is 21.1 Å². The minimum absolute atomic E-state index is 0.251. The van der Waals surface area contributed by atoms with Crippen LogP contribution in [0.25, 0.3) is 0 Å². The van der Waals surface area contributed by atoms with Crippen molar-refractivity contribution in [2.75, 3.05) is 13.2 Å². The summed E-state index contributed by atoms with van der Waals surface area (Å²) >= 11 is 7.14. The lowest BCUT2D eigenvalue weighted by atomic mass is 10.3. The van der Waals surface area contributed by atoms with E-state index < -0.39 is 0 Å². The topological polar surface area (TPSA) is 31.4 Å². The minimum atomic E-state index is 0.251. The molecule has 3 nitrogen and oxygen atoms in total. The molecule has 1 aliphatic heterocycles. The van der Waals surface area contributed by atoms with Gasteiger partial charge in [0.1, 0.15) is 0 Å². The molecule has 1 fully saturated rings. The van der Waals surface area contributed by atoms with Gasteiger partial charge in [-0.2, -0.15) is 0 Å². The predicted molar refractivity (Wildman–Crippen MR) is 51.1 cm³/mol. The molecule has 0 aromatic carbocycles. The lowest BCUT2D eigenvalue weighted by Gasteiger charge is -2.07. The van der Waals surface area contributed by atoms with Gasteiger partial charge < -0.3 is 9.47 Å². The molecule has 2 rings (SSSR count). The first-order valence-electron chi connectivity index (χ1n) is 4.14. The highest BCUT2D eigenvalue weighted by molar-refractivity contribution is 7.15. The summed E-state index contributed by atoms with van der Waals surface area (Å²) in [5, 5.41) is 0. The monoisotopic (exact) mass is 219 g/mol. The summed E-state index contributed by atoms with van der Waals surface area (Å²) in [6.07, 6.45) is 3.00. The second-order valence-corrected chi connectivity index (χ2v) is 4.57. The van der Waals surface area contributed by atoms with Crippen LogP contribution in [0.1, 0.15) is 11.3 Å². The van der Waals surface area contributed by atoms with E-state index in [0.717, 1.165) is 17.9 Å². The molecule has 0 radical (unpaired) electrons. The Hall–Kier alpha value is -0.160. The molecule has 0 aliphatic carbocycles. The Morgan fingerprint density at radius 2 is 2.69 bits per heavy atom. The maximum absolute atomic E-state index is 5.68. The average Bonchev–Trinajstić information content (AvgIpc) is 2.71. The van der Waals surface area contributed by atoms with Crippen LogP contribution in [0.15, 0.2) is 6.20 Å². The van der Waals surface area contributed by atoms with Crippen molar-refractivity contribution in [3.05, 3.63) is 15.5 Å². The zero-order valence-electron chi connectivity index (χ0n) is 7.03. The summed E-state index contributed by atoms with van der Waals surface area (Å²) in [7, 11) is 0. The van der Waals surface area contributed by atoms with Crippen molar-refractivity contribution in [3.63, 3.8) is 0 Å². The smallest absolute Gasteiger partial charge is 0.183 e. The van der Waals surface area contributed by atoms with E-state index in [1.54, 1.807) is 6.20 Å². The van der Waals surface area contributed by atoms with Crippen LogP contribution < -0.4 is 0 Å². The number of nitrogens with zero attached hydrogens (tertiary/aromatic N) is 1. The van der Waals surface area contributed by atoms with Gasteiger partial charge in [-0.1, -0.05) is 11.6 Å². The first kappa shape index (κ1) is 9.40. The Balaban J connectivity index is 1.78. The van der Waals surface area contributed by atoms with Gasteiger partial charge in [0.2, 0.25) is 0 Å². The van der Waals surface area contributed by atoms with E-state index in [-0.39, 0.29) is 6.10 Å². The van der Waals surface area contributed by atoms with Crippen LogP contribution in [0.2, 0.25) is 4.47 Å². The van der Waals surface area contributed by atoms with Crippen LogP contribution >= 0.6 is 22.9 Å². The highest BCUT2D eigenvalue weighted by atomic mass is 35.5. The Labute approximate surface area is 85.6 Å². The molecule has 0 bridgehead atoms. The molecule has 72 valence electrons. The maximum Gasteiger partial charge on any atom is 0.183 e. The van der Waals surface area contributed by atoms with Gasteiger partial charge in [-0.05, 0) is 6.42 Å². The van der Waals surface area contributed by atoms with Crippen LogP contribution in [0.3, 0.4) is 0 Å². The van der Waals surface area contributed by atoms with Gasteiger partial charge in [0.25, 0.3) is 0 Å². The quantitative estimate of drug-likeness (QED) is 0.780. The molecule has 1 saturated heterocycles. The normalized spacial score (nSPS) is 22.4. The zero-order chi connectivity index (χ0) is 9.10. The Morgan fingerprint density at radius 3 is 3.31 bits per heavy atom. The molecule has 1 atom stereocenters. The summed E-state index contributed by atoms with van der Waals surface area (Å²) in [5.41, 5.74) is 0. The van der Waals surface area contributed by atoms with Gasteiger partial charge >= 0.3 is 0 Å². The largest absolute Gasteiger partial charge is 0.379 e. The zero-order valence-corrected chi connectivity index (χ0v) is 8.61. The average molecular weight is 220 g/mol. The number of ether oxygens (including phenoxy) is 2. The van der Waals surface area contributed by atoms with E-state index in [1.807, 2.05) is 0 Å². The summed E-state index contributed by atoms with van der Waals surface area (Å²) in [5.74, 6) is 0. The third-order valence-electron chi connectivity index (χ3n) is 1.87. The summed E-state index contributed by atoms with van der Waals surface area (Å²) in [6, 6.07) is 0. The fourth-order valence-electron chi connectivity index (χ4n) is 1.19. The molecule has 2 heterocycles. The van der Waals surface area contributed by atoms with Crippen molar-refractivity contribution >= 4 is 22.9 Å². The van der Waals surface area contributed by atoms with Gasteiger partial charge in [-0.3, -0.25) is 0 Å². The highest BCUT2D eigenvalue weighted by Crippen LogP contribution is 2.20. The molecule has 0 saturated carbocycles. The van der Waals surface area contributed by atoms with Crippen LogP contribution in [0.4, 0.5) is 0 Å². The number of aromatic nitrogens is 1. The second-order valence-electron chi connectivity index (χ2n) is 2.88. The van der Waals surface area contributed by atoms with E-state index in [1.165, 1.54) is 11.3 Å². The summed E-state index contributed by atoms with van der Waals surface area (Å²) in [4.78, 5) is 5.00. The number of thiazole rings is 1. The molecule has 1 aromatic heterocycles. The molecular formula is C8H10ClNO2S. The number of rotatable bonds is 3. The fourth-order valence-corrected chi connectivity index (χ4v) is 2.09. The number of hydrogen-bond acceptors (Lipinski definition) is 4. The van der Waals surface area contributed by atoms with E-state index in [2.05, 4.69) is 4.98 Å². The molecule has 1 aromatic rings. The molecule has 0 spiro atoms. The summed E-state index contributed by atoms with van der Waals surface area (Å²) < 4.78 is 11.3. The molecule has 1 aliphatic rings. The van der Waals surface area contributed by atoms with Crippen molar-refractivity contribution in [3.8, 4) is 0 Å². The third-order valence-corrected chi connectivity index (χ3v) is 2.96. The Morgan fingerprint density at radius 1 is 1.77 bits per heavy atom. The Bertz CT molecular complexity index is 273. The maximum atomic E-state index is 5.68. The van der Waals surface area contributed by atoms with Gasteiger partial charge in [0.15, 0.2) is 4.47 Å². The predicted octanol–water partition coefficient (Wildman–Crippen LogP) is 2.10. The van der Waals surface area contributed by atoms with Gasteiger partial charge in [0, 0.05) is 12.8 Å². The van der Waals surface area contributed by atoms with Crippen molar-refractivity contribution in [2.24, 2.45) is 0 Å². The first-order chi connectivity index (χ1) is 6.34. The molecule has 5 heteroatoms. The van der Waals surface area contributed by atoms with E-state index in [0.29, 0.717) is 17.7 Å². The Kier molecular flexibility index (Phi) is 3.16. The molecule has 13 heavy (non-hydrogen) atoms. The number of hydrogen-bond donors (Lipinski definition) is 0. The molecule has 0 amide bonds. The third kappa shape index (κ3) is 2.64. The van der Waals surface area contributed by atoms with Crippen molar-refractivity contribution < 1.29 is 9.47 Å². The molecular weight excluding hydrogens is 210 g/mol. The standard InChI is InChI=1S/C8H10ClNO2S/c9-8-10-3-7(13-8)5-12-6-1-2-11-4-6/h3,6H,1-2,4-5H2. The first-order valence-corrected chi connectivity index (χ1v) is 5.33. The van der Waals surface area contributed by atoms with Crippen molar-refractivity contribution in [1.82, 2.24) is 4.98 Å². The van der Waals surface area contributed by atoms with Gasteiger partial charge in [0.05, 0.1) is 24.2 Å². The lowest BCUT2D eigenvalue weighted by molar-refractivity contribution is 0.0330. The van der Waals surface area contributed by atoms with Crippen LogP contribution in [-0.2, 0) is 16.1 Å². The molecule has 1 unspecified atom stereocenters. The lowest BCUT2D eigenvalue weighted by Crippen LogP contribution is -2.11. The number of halogens is 1. The van der Waals surface area contributed by atoms with Gasteiger partial charge in [-0.15, -0.1) is 11.3 Å². The highest BCUT2D eigenvalue weighted by Gasteiger charge is 2.16. The van der Waals surface area contributed by atoms with Crippen LogP contribution in [0, 0.1) is 0 Å². The SMILES string of the molecule is Clc1ncc(COC2CCOC2)s1. The summed E-state index contributed by atoms with van der Waals surface area (Å²) in [6.45, 7) is 2.12. The van der Waals surface area contributed by atoms with Crippen LogP contribution in [0.5, 0.6) is 0 Å². The van der Waals surface area contributed by atoms with Crippen LogP contribution in [-0.4, -0.2) is 24.3 Å². The minimum Gasteiger partial charge on any atom is -0.379 e. The van der Waals surface area contributed by atoms with Crippen molar-refractivity contribution in [1.29, 1.82) is 0 Å². The second kappa shape index (κ2) is 4.37. The van der Waals surface area contributed by atoms with E-state index >= 15 is 0 Å². The fraction of sp³-hybridized carbons (Fsp3) is 0.625. The molecule has 0 N–H and O–H groups in total. The van der Waals surface area contributed by atoms with Crippen molar-refractivity contribution in [2.45, 2.75) is 19.1 Å². The van der Waals surface area contributed by atoms with E-state index in [9.17, 15) is 0 Å². The van der Waals surface area contributed by atoms with Gasteiger partial charge in [-0.25, -0.2) is 4.98 Å².